The second-order valence-corrected chi connectivity index (χ2v) is 10.2. The molecule has 0 spiro atoms. The Bertz CT molecular complexity index is 1540. The molecule has 0 aliphatic heterocycles. The van der Waals surface area contributed by atoms with Crippen LogP contribution in [0, 0.1) is 13.8 Å². The molecule has 2 aromatic carbocycles. The van der Waals surface area contributed by atoms with Crippen LogP contribution in [0.15, 0.2) is 60.0 Å². The largest absolute Gasteiger partial charge is 0.451 e. The van der Waals surface area contributed by atoms with Gasteiger partial charge in [-0.25, -0.2) is 14.5 Å². The molecule has 0 fully saturated rings. The first-order valence-electron chi connectivity index (χ1n) is 10.6. The summed E-state index contributed by atoms with van der Waals surface area (Å²) in [6.07, 6.45) is 0. The molecule has 1 amide bonds. The van der Waals surface area contributed by atoms with Gasteiger partial charge in [-0.05, 0) is 44.2 Å². The molecule has 0 aliphatic rings. The molecular weight excluding hydrogens is 504 g/mol. The van der Waals surface area contributed by atoms with Crippen molar-refractivity contribution in [3.63, 3.8) is 0 Å². The number of fused-ring (bicyclic) bond motifs is 1. The van der Waals surface area contributed by atoms with Crippen LogP contribution in [-0.2, 0) is 9.53 Å². The van der Waals surface area contributed by atoms with Gasteiger partial charge in [0.05, 0.1) is 17.1 Å². The van der Waals surface area contributed by atoms with Gasteiger partial charge < -0.3 is 4.74 Å². The number of carbonyl (C=O) groups is 2. The number of aromatic nitrogens is 3. The predicted octanol–water partition coefficient (Wildman–Crippen LogP) is 6.28. The van der Waals surface area contributed by atoms with E-state index in [9.17, 15) is 9.59 Å². The fourth-order valence-corrected chi connectivity index (χ4v) is 5.39. The Morgan fingerprint density at radius 2 is 1.83 bits per heavy atom. The molecule has 3 heterocycles. The zero-order valence-corrected chi connectivity index (χ0v) is 21.1. The van der Waals surface area contributed by atoms with Gasteiger partial charge in [-0.3, -0.25) is 10.1 Å². The minimum Gasteiger partial charge on any atom is -0.451 e. The summed E-state index contributed by atoms with van der Waals surface area (Å²) in [5, 5.41) is 11.1. The average Bonchev–Trinajstić information content (AvgIpc) is 3.56. The Labute approximate surface area is 214 Å². The van der Waals surface area contributed by atoms with E-state index < -0.39 is 18.5 Å². The Balaban J connectivity index is 1.23. The first kappa shape index (κ1) is 23.2. The zero-order valence-electron chi connectivity index (χ0n) is 18.7. The van der Waals surface area contributed by atoms with Crippen molar-refractivity contribution >= 4 is 61.5 Å². The van der Waals surface area contributed by atoms with Gasteiger partial charge in [0.1, 0.15) is 9.71 Å². The predicted molar refractivity (Wildman–Crippen MR) is 140 cm³/mol. The quantitative estimate of drug-likeness (QED) is 0.265. The number of aryl methyl sites for hydroxylation is 2. The lowest BCUT2D eigenvalue weighted by Crippen LogP contribution is -2.20. The highest BCUT2D eigenvalue weighted by Gasteiger charge is 2.19. The van der Waals surface area contributed by atoms with Crippen LogP contribution in [0.3, 0.4) is 0 Å². The van der Waals surface area contributed by atoms with Crippen molar-refractivity contribution in [3.05, 3.63) is 81.1 Å². The highest BCUT2D eigenvalue weighted by atomic mass is 35.5. The average molecular weight is 523 g/mol. The minimum absolute atomic E-state index is 0.395. The molecule has 5 aromatic rings. The van der Waals surface area contributed by atoms with E-state index in [4.69, 9.17) is 16.3 Å². The van der Waals surface area contributed by atoms with Crippen LogP contribution in [0.25, 0.3) is 27.2 Å². The summed E-state index contributed by atoms with van der Waals surface area (Å²) in [4.78, 5) is 30.6. The number of rotatable bonds is 6. The summed E-state index contributed by atoms with van der Waals surface area (Å²) in [5.74, 6) is -1.02. The molecule has 0 saturated carbocycles. The van der Waals surface area contributed by atoms with Crippen molar-refractivity contribution < 1.29 is 14.3 Å². The van der Waals surface area contributed by atoms with Gasteiger partial charge >= 0.3 is 5.97 Å². The van der Waals surface area contributed by atoms with Gasteiger partial charge in [-0.1, -0.05) is 41.4 Å². The molecule has 0 unspecified atom stereocenters. The van der Waals surface area contributed by atoms with Gasteiger partial charge in [0.25, 0.3) is 5.91 Å². The molecule has 0 aliphatic carbocycles. The Kier molecular flexibility index (Phi) is 6.38. The van der Waals surface area contributed by atoms with Gasteiger partial charge in [-0.2, -0.15) is 5.10 Å². The molecule has 176 valence electrons. The lowest BCUT2D eigenvalue weighted by molar-refractivity contribution is -0.119. The number of thiophene rings is 1. The summed E-state index contributed by atoms with van der Waals surface area (Å²) in [6.45, 7) is 3.49. The van der Waals surface area contributed by atoms with E-state index in [-0.39, 0.29) is 0 Å². The topological polar surface area (TPSA) is 86.1 Å². The van der Waals surface area contributed by atoms with Crippen LogP contribution in [0.2, 0.25) is 5.02 Å². The molecule has 10 heteroatoms. The number of hydrogen-bond donors (Lipinski definition) is 1. The summed E-state index contributed by atoms with van der Waals surface area (Å²) in [5.41, 5.74) is 4.53. The van der Waals surface area contributed by atoms with Crippen molar-refractivity contribution in [2.45, 2.75) is 13.8 Å². The highest BCUT2D eigenvalue weighted by molar-refractivity contribution is 7.20. The number of carbonyl (C=O) groups excluding carboxylic acids is 2. The van der Waals surface area contributed by atoms with E-state index in [0.717, 1.165) is 38.4 Å². The fraction of sp³-hybridized carbons (Fsp3) is 0.120. The lowest BCUT2D eigenvalue weighted by atomic mass is 10.1. The van der Waals surface area contributed by atoms with Crippen LogP contribution in [0.4, 0.5) is 5.13 Å². The number of hydrogen-bond acceptors (Lipinski definition) is 7. The second-order valence-electron chi connectivity index (χ2n) is 7.83. The number of nitrogens with zero attached hydrogens (tertiary/aromatic N) is 3. The highest BCUT2D eigenvalue weighted by Crippen LogP contribution is 2.31. The van der Waals surface area contributed by atoms with Crippen molar-refractivity contribution in [1.82, 2.24) is 14.8 Å². The maximum atomic E-state index is 12.6. The molecule has 0 saturated heterocycles. The Morgan fingerprint density at radius 3 is 2.57 bits per heavy atom. The standard InChI is InChI=1S/C25H19ClN4O3S2/c1-14-3-5-16(6-4-14)20-13-34-25(27-20)28-22(31)12-33-24(32)21-11-19-15(2)29-30(23(19)35-21)18-9-7-17(26)8-10-18/h3-11,13H,12H2,1-2H3,(H,27,28,31). The molecule has 35 heavy (non-hydrogen) atoms. The van der Waals surface area contributed by atoms with E-state index in [0.29, 0.717) is 15.0 Å². The third-order valence-electron chi connectivity index (χ3n) is 5.25. The molecule has 7 nitrogen and oxygen atoms in total. The molecule has 5 rings (SSSR count). The summed E-state index contributed by atoms with van der Waals surface area (Å²) in [7, 11) is 0. The van der Waals surface area contributed by atoms with Crippen LogP contribution >= 0.6 is 34.3 Å². The van der Waals surface area contributed by atoms with Gasteiger partial charge in [0.2, 0.25) is 0 Å². The lowest BCUT2D eigenvalue weighted by Gasteiger charge is -2.04. The maximum absolute atomic E-state index is 12.6. The molecule has 0 radical (unpaired) electrons. The van der Waals surface area contributed by atoms with Crippen molar-refractivity contribution in [2.75, 3.05) is 11.9 Å². The number of nitrogens with one attached hydrogen (secondary N) is 1. The molecular formula is C25H19ClN4O3S2. The van der Waals surface area contributed by atoms with Crippen molar-refractivity contribution in [1.29, 1.82) is 0 Å². The van der Waals surface area contributed by atoms with E-state index in [1.807, 2.05) is 55.6 Å². The SMILES string of the molecule is Cc1ccc(-c2csc(NC(=O)COC(=O)c3cc4c(C)nn(-c5ccc(Cl)cc5)c4s3)n2)cc1. The van der Waals surface area contributed by atoms with E-state index in [1.54, 1.807) is 22.9 Å². The number of thiazole rings is 1. The van der Waals surface area contributed by atoms with Gasteiger partial charge in [0, 0.05) is 21.4 Å². The molecule has 1 N–H and O–H groups in total. The number of esters is 1. The third kappa shape index (κ3) is 4.97. The van der Waals surface area contributed by atoms with Gasteiger partial charge in [-0.15, -0.1) is 22.7 Å². The van der Waals surface area contributed by atoms with Crippen LogP contribution in [0.1, 0.15) is 20.9 Å². The summed E-state index contributed by atoms with van der Waals surface area (Å²) in [6, 6.07) is 17.0. The van der Waals surface area contributed by atoms with Gasteiger partial charge in [0.15, 0.2) is 11.7 Å². The van der Waals surface area contributed by atoms with E-state index >= 15 is 0 Å². The van der Waals surface area contributed by atoms with Crippen molar-refractivity contribution in [2.24, 2.45) is 0 Å². The first-order valence-corrected chi connectivity index (χ1v) is 12.7. The van der Waals surface area contributed by atoms with E-state index in [1.165, 1.54) is 22.7 Å². The molecule has 3 aromatic heterocycles. The molecule has 0 atom stereocenters. The van der Waals surface area contributed by atoms with Crippen molar-refractivity contribution in [3.8, 4) is 16.9 Å². The van der Waals surface area contributed by atoms with Crippen LogP contribution in [-0.4, -0.2) is 33.2 Å². The Hall–Kier alpha value is -3.53. The zero-order chi connectivity index (χ0) is 24.5. The normalized spacial score (nSPS) is 11.1. The summed E-state index contributed by atoms with van der Waals surface area (Å²) >= 11 is 8.56. The van der Waals surface area contributed by atoms with E-state index in [2.05, 4.69) is 15.4 Å². The number of anilines is 1. The minimum atomic E-state index is -0.567. The summed E-state index contributed by atoms with van der Waals surface area (Å²) < 4.78 is 7.02. The monoisotopic (exact) mass is 522 g/mol. The smallest absolute Gasteiger partial charge is 0.348 e. The number of ether oxygens (including phenoxy) is 1. The third-order valence-corrected chi connectivity index (χ3v) is 7.35. The Morgan fingerprint density at radius 1 is 1.09 bits per heavy atom. The fourth-order valence-electron chi connectivity index (χ4n) is 3.45. The number of halogens is 1. The maximum Gasteiger partial charge on any atom is 0.348 e. The second kappa shape index (κ2) is 9.61. The molecule has 0 bridgehead atoms. The van der Waals surface area contributed by atoms with Crippen LogP contribution < -0.4 is 5.32 Å². The van der Waals surface area contributed by atoms with Crippen LogP contribution in [0.5, 0.6) is 0 Å². The number of benzene rings is 2. The first-order chi connectivity index (χ1) is 16.9. The number of amides is 1.